The Labute approximate surface area is 225 Å². The van der Waals surface area contributed by atoms with Crippen LogP contribution in [-0.4, -0.2) is 106 Å². The SMILES string of the molecule is Cc1cc(F)cnc1N1CCN(C(=O)[C@@H]2CC3(CC3)CN2C(=O)[C@@H]2CSCN2C(=O)[C@@H]2CCC(=O)N2)CC1. The summed E-state index contributed by atoms with van der Waals surface area (Å²) in [6.45, 7) is 4.58. The van der Waals surface area contributed by atoms with E-state index < -0.39 is 18.1 Å². The summed E-state index contributed by atoms with van der Waals surface area (Å²) < 4.78 is 13.5. The number of pyridine rings is 1. The van der Waals surface area contributed by atoms with Gasteiger partial charge < -0.3 is 24.9 Å². The zero-order valence-electron chi connectivity index (χ0n) is 21.5. The minimum absolute atomic E-state index is 0.0208. The molecule has 6 rings (SSSR count). The van der Waals surface area contributed by atoms with Crippen molar-refractivity contribution in [1.29, 1.82) is 0 Å². The van der Waals surface area contributed by atoms with Crippen LogP contribution < -0.4 is 10.2 Å². The van der Waals surface area contributed by atoms with E-state index in [0.717, 1.165) is 24.2 Å². The lowest BCUT2D eigenvalue weighted by Gasteiger charge is -2.38. The molecule has 5 heterocycles. The van der Waals surface area contributed by atoms with Crippen LogP contribution in [0.1, 0.15) is 37.7 Å². The molecule has 38 heavy (non-hydrogen) atoms. The maximum absolute atomic E-state index is 13.9. The molecular weight excluding hydrogens is 511 g/mol. The number of nitrogens with one attached hydrogen (secondary N) is 1. The molecule has 0 bridgehead atoms. The Hall–Kier alpha value is -2.89. The van der Waals surface area contributed by atoms with Gasteiger partial charge in [-0.2, -0.15) is 0 Å². The van der Waals surface area contributed by atoms with Crippen molar-refractivity contribution in [2.45, 2.75) is 57.2 Å². The molecule has 3 atom stereocenters. The topological polar surface area (TPSA) is 106 Å². The molecule has 204 valence electrons. The number of aromatic nitrogens is 1. The first kappa shape index (κ1) is 25.4. The van der Waals surface area contributed by atoms with Crippen molar-refractivity contribution in [2.75, 3.05) is 49.3 Å². The van der Waals surface area contributed by atoms with Crippen LogP contribution in [0.15, 0.2) is 12.3 Å². The van der Waals surface area contributed by atoms with E-state index in [4.69, 9.17) is 0 Å². The fourth-order valence-corrected chi connectivity index (χ4v) is 7.47. The number of nitrogens with zero attached hydrogens (tertiary/aromatic N) is 5. The molecule has 10 nitrogen and oxygen atoms in total. The molecule has 1 aromatic rings. The summed E-state index contributed by atoms with van der Waals surface area (Å²) in [7, 11) is 0. The second-order valence-electron chi connectivity index (χ2n) is 11.3. The normalized spacial score (nSPS) is 28.3. The van der Waals surface area contributed by atoms with E-state index in [0.29, 0.717) is 63.6 Å². The van der Waals surface area contributed by atoms with Crippen LogP contribution in [0.5, 0.6) is 0 Å². The van der Waals surface area contributed by atoms with E-state index in [1.165, 1.54) is 24.0 Å². The van der Waals surface area contributed by atoms with E-state index in [1.807, 2.05) is 11.8 Å². The van der Waals surface area contributed by atoms with Crippen molar-refractivity contribution >= 4 is 41.2 Å². The zero-order valence-corrected chi connectivity index (χ0v) is 22.3. The molecule has 0 aromatic carbocycles. The van der Waals surface area contributed by atoms with Gasteiger partial charge in [-0.05, 0) is 49.7 Å². The minimum atomic E-state index is -0.612. The number of anilines is 1. The van der Waals surface area contributed by atoms with Gasteiger partial charge in [-0.25, -0.2) is 9.37 Å². The molecule has 1 saturated carbocycles. The predicted molar refractivity (Wildman–Crippen MR) is 139 cm³/mol. The Kier molecular flexibility index (Phi) is 6.48. The van der Waals surface area contributed by atoms with Gasteiger partial charge in [0.25, 0.3) is 0 Å². The van der Waals surface area contributed by atoms with Crippen LogP contribution in [0.2, 0.25) is 0 Å². The molecule has 5 aliphatic rings. The van der Waals surface area contributed by atoms with Gasteiger partial charge >= 0.3 is 0 Å². The monoisotopic (exact) mass is 544 g/mol. The fourth-order valence-electron chi connectivity index (χ4n) is 6.32. The highest BCUT2D eigenvalue weighted by molar-refractivity contribution is 7.99. The Morgan fingerprint density at radius 1 is 1.08 bits per heavy atom. The number of likely N-dealkylation sites (tertiary alicyclic amines) is 1. The van der Waals surface area contributed by atoms with E-state index in [-0.39, 0.29) is 34.9 Å². The molecule has 1 spiro atoms. The van der Waals surface area contributed by atoms with Crippen molar-refractivity contribution in [3.63, 3.8) is 0 Å². The van der Waals surface area contributed by atoms with Crippen molar-refractivity contribution in [3.05, 3.63) is 23.6 Å². The van der Waals surface area contributed by atoms with Gasteiger partial charge in [-0.15, -0.1) is 11.8 Å². The number of hydrogen-bond acceptors (Lipinski definition) is 7. The number of rotatable bonds is 4. The second kappa shape index (κ2) is 9.69. The average Bonchev–Trinajstić information content (AvgIpc) is 3.24. The number of hydrogen-bond donors (Lipinski definition) is 1. The van der Waals surface area contributed by atoms with Crippen LogP contribution in [-0.2, 0) is 19.2 Å². The number of aryl methyl sites for hydroxylation is 1. The smallest absolute Gasteiger partial charge is 0.246 e. The Morgan fingerprint density at radius 3 is 2.50 bits per heavy atom. The molecule has 4 amide bonds. The third-order valence-electron chi connectivity index (χ3n) is 8.69. The van der Waals surface area contributed by atoms with Crippen molar-refractivity contribution in [1.82, 2.24) is 25.0 Å². The quantitative estimate of drug-likeness (QED) is 0.596. The standard InChI is InChI=1S/C26H33FN6O4S/c1-16-10-17(27)12-28-22(16)30-6-8-31(9-7-30)24(36)19-11-26(4-5-26)14-32(19)25(37)20-13-38-15-33(20)23(35)18-2-3-21(34)29-18/h10,12,18-20H,2-9,11,13-15H2,1H3,(H,29,34)/t18-,19-,20-/m0/s1. The van der Waals surface area contributed by atoms with Gasteiger partial charge in [-0.3, -0.25) is 19.2 Å². The summed E-state index contributed by atoms with van der Waals surface area (Å²) in [5.41, 5.74) is 0.784. The van der Waals surface area contributed by atoms with Gasteiger partial charge in [0.05, 0.1) is 12.1 Å². The maximum atomic E-state index is 13.9. The summed E-state index contributed by atoms with van der Waals surface area (Å²) in [5, 5.41) is 2.72. The summed E-state index contributed by atoms with van der Waals surface area (Å²) in [6.07, 6.45) is 4.69. The zero-order chi connectivity index (χ0) is 26.6. The molecule has 0 unspecified atom stereocenters. The summed E-state index contributed by atoms with van der Waals surface area (Å²) in [6, 6.07) is -0.236. The minimum Gasteiger partial charge on any atom is -0.353 e. The third kappa shape index (κ3) is 4.60. The van der Waals surface area contributed by atoms with Crippen LogP contribution in [0.25, 0.3) is 0 Å². The highest BCUT2D eigenvalue weighted by Gasteiger charge is 2.57. The van der Waals surface area contributed by atoms with Gasteiger partial charge in [-0.1, -0.05) is 0 Å². The first-order chi connectivity index (χ1) is 18.2. The number of piperazine rings is 1. The molecular formula is C26H33FN6O4S. The highest BCUT2D eigenvalue weighted by atomic mass is 32.2. The van der Waals surface area contributed by atoms with Crippen molar-refractivity contribution < 1.29 is 23.6 Å². The van der Waals surface area contributed by atoms with E-state index >= 15 is 0 Å². The van der Waals surface area contributed by atoms with Crippen molar-refractivity contribution in [3.8, 4) is 0 Å². The first-order valence-corrected chi connectivity index (χ1v) is 14.5. The number of carbonyl (C=O) groups is 4. The fraction of sp³-hybridized carbons (Fsp3) is 0.654. The van der Waals surface area contributed by atoms with Crippen LogP contribution >= 0.6 is 11.8 Å². The van der Waals surface area contributed by atoms with E-state index in [2.05, 4.69) is 15.2 Å². The average molecular weight is 545 g/mol. The van der Waals surface area contributed by atoms with Crippen LogP contribution in [0.4, 0.5) is 10.2 Å². The molecule has 1 aliphatic carbocycles. The molecule has 0 radical (unpaired) electrons. The number of halogens is 1. The lowest BCUT2D eigenvalue weighted by Crippen LogP contribution is -2.58. The molecule has 5 fully saturated rings. The van der Waals surface area contributed by atoms with Crippen molar-refractivity contribution in [2.24, 2.45) is 5.41 Å². The highest BCUT2D eigenvalue weighted by Crippen LogP contribution is 2.55. The van der Waals surface area contributed by atoms with Crippen LogP contribution in [0.3, 0.4) is 0 Å². The lowest BCUT2D eigenvalue weighted by molar-refractivity contribution is -0.149. The van der Waals surface area contributed by atoms with E-state index in [1.54, 1.807) is 9.80 Å². The molecule has 1 aromatic heterocycles. The molecule has 4 aliphatic heterocycles. The predicted octanol–water partition coefficient (Wildman–Crippen LogP) is 0.739. The van der Waals surface area contributed by atoms with Crippen LogP contribution in [0, 0.1) is 18.2 Å². The summed E-state index contributed by atoms with van der Waals surface area (Å²) in [5.74, 6) is 0.754. The lowest BCUT2D eigenvalue weighted by atomic mass is 10.0. The largest absolute Gasteiger partial charge is 0.353 e. The maximum Gasteiger partial charge on any atom is 0.246 e. The Balaban J connectivity index is 1.13. The van der Waals surface area contributed by atoms with E-state index in [9.17, 15) is 23.6 Å². The molecule has 1 N–H and O–H groups in total. The van der Waals surface area contributed by atoms with Gasteiger partial charge in [0.2, 0.25) is 23.6 Å². The Morgan fingerprint density at radius 2 is 1.84 bits per heavy atom. The Bertz CT molecular complexity index is 1170. The molecule has 4 saturated heterocycles. The molecule has 12 heteroatoms. The first-order valence-electron chi connectivity index (χ1n) is 13.4. The summed E-state index contributed by atoms with van der Waals surface area (Å²) in [4.78, 5) is 63.9. The van der Waals surface area contributed by atoms with Gasteiger partial charge in [0, 0.05) is 44.9 Å². The summed E-state index contributed by atoms with van der Waals surface area (Å²) >= 11 is 1.53. The number of amides is 4. The van der Waals surface area contributed by atoms with Gasteiger partial charge in [0.1, 0.15) is 29.8 Å². The van der Waals surface area contributed by atoms with Gasteiger partial charge in [0.15, 0.2) is 0 Å². The number of thioether (sulfide) groups is 1. The number of carbonyl (C=O) groups excluding carboxylic acids is 4. The third-order valence-corrected chi connectivity index (χ3v) is 9.70. The second-order valence-corrected chi connectivity index (χ2v) is 12.3.